The van der Waals surface area contributed by atoms with Crippen molar-refractivity contribution >= 4 is 6.21 Å². The Balaban J connectivity index is 2.26. The Labute approximate surface area is 37.2 Å². The summed E-state index contributed by atoms with van der Waals surface area (Å²) in [5.41, 5.74) is 2.85. The molecule has 0 aromatic carbocycles. The van der Waals surface area contributed by atoms with Gasteiger partial charge in [0.15, 0.2) is 0 Å². The third-order valence-corrected chi connectivity index (χ3v) is 0.804. The van der Waals surface area contributed by atoms with Crippen LogP contribution in [0, 0.1) is 0 Å². The average Bonchev–Trinajstić information content (AvgIpc) is 1.72. The second-order valence-electron chi connectivity index (χ2n) is 1.36. The highest BCUT2D eigenvalue weighted by Gasteiger charge is 1.86. The summed E-state index contributed by atoms with van der Waals surface area (Å²) in [6.07, 6.45) is 4.29. The lowest BCUT2D eigenvalue weighted by molar-refractivity contribution is 0.671. The summed E-state index contributed by atoms with van der Waals surface area (Å²) < 4.78 is 0. The summed E-state index contributed by atoms with van der Waals surface area (Å²) in [7, 11) is 0. The molecule has 0 spiro atoms. The molecule has 0 saturated heterocycles. The third kappa shape index (κ3) is 0.708. The summed E-state index contributed by atoms with van der Waals surface area (Å²) >= 11 is 0. The van der Waals surface area contributed by atoms with Gasteiger partial charge in [-0.25, -0.2) is 0 Å². The van der Waals surface area contributed by atoms with E-state index in [0.717, 1.165) is 13.0 Å². The predicted octanol–water partition coefficient (Wildman–Crippen LogP) is 0.356. The van der Waals surface area contributed by atoms with Crippen LogP contribution in [0.3, 0.4) is 0 Å². The molecule has 0 bridgehead atoms. The number of hydrazone groups is 1. The van der Waals surface area contributed by atoms with Crippen LogP contribution < -0.4 is 5.43 Å². The van der Waals surface area contributed by atoms with Gasteiger partial charge in [-0.1, -0.05) is 0 Å². The van der Waals surface area contributed by atoms with Crippen LogP contribution in [0.5, 0.6) is 0 Å². The Morgan fingerprint density at radius 3 is 2.83 bits per heavy atom. The number of rotatable bonds is 0. The molecule has 2 heteroatoms. The lowest BCUT2D eigenvalue weighted by atomic mass is 10.3. The van der Waals surface area contributed by atoms with E-state index in [1.165, 1.54) is 6.42 Å². The summed E-state index contributed by atoms with van der Waals surface area (Å²) in [5.74, 6) is 0. The number of hydrogen-bond donors (Lipinski definition) is 1. The van der Waals surface area contributed by atoms with E-state index < -0.39 is 0 Å². The summed E-state index contributed by atoms with van der Waals surface area (Å²) in [4.78, 5) is 0. The first-order valence-electron chi connectivity index (χ1n) is 2.24. The van der Waals surface area contributed by atoms with Crippen molar-refractivity contribution < 1.29 is 0 Å². The predicted molar refractivity (Wildman–Crippen MR) is 25.7 cm³/mol. The van der Waals surface area contributed by atoms with Crippen molar-refractivity contribution in [2.45, 2.75) is 12.8 Å². The van der Waals surface area contributed by atoms with E-state index >= 15 is 0 Å². The zero-order valence-corrected chi connectivity index (χ0v) is 3.65. The standard InChI is InChI=1S/C4H8N2/c1-2-4-6-5-3-1/h3,6H,1-2,4H2. The van der Waals surface area contributed by atoms with Gasteiger partial charge in [-0.15, -0.1) is 0 Å². The van der Waals surface area contributed by atoms with Crippen LogP contribution in [0.15, 0.2) is 5.10 Å². The van der Waals surface area contributed by atoms with Crippen LogP contribution >= 0.6 is 0 Å². The molecule has 0 aromatic heterocycles. The SMILES string of the molecule is C1=NNCCC1. The maximum atomic E-state index is 3.80. The number of nitrogens with zero attached hydrogens (tertiary/aromatic N) is 1. The molecule has 0 aliphatic carbocycles. The molecule has 2 nitrogen and oxygen atoms in total. The van der Waals surface area contributed by atoms with Crippen LogP contribution in [-0.2, 0) is 0 Å². The Morgan fingerprint density at radius 1 is 1.67 bits per heavy atom. The Kier molecular flexibility index (Phi) is 1.10. The van der Waals surface area contributed by atoms with Gasteiger partial charge in [0.2, 0.25) is 0 Å². The average molecular weight is 84.1 g/mol. The molecule has 0 amide bonds. The van der Waals surface area contributed by atoms with Crippen LogP contribution in [0.4, 0.5) is 0 Å². The second kappa shape index (κ2) is 1.80. The van der Waals surface area contributed by atoms with E-state index in [9.17, 15) is 0 Å². The van der Waals surface area contributed by atoms with Crippen molar-refractivity contribution in [3.05, 3.63) is 0 Å². The molecule has 1 N–H and O–H groups in total. The van der Waals surface area contributed by atoms with Gasteiger partial charge in [0.1, 0.15) is 0 Å². The molecular weight excluding hydrogens is 76.1 g/mol. The van der Waals surface area contributed by atoms with Gasteiger partial charge in [-0.05, 0) is 12.8 Å². The summed E-state index contributed by atoms with van der Waals surface area (Å²) in [5, 5.41) is 3.80. The third-order valence-electron chi connectivity index (χ3n) is 0.804. The molecular formula is C4H8N2. The molecule has 0 unspecified atom stereocenters. The van der Waals surface area contributed by atoms with Gasteiger partial charge >= 0.3 is 0 Å². The van der Waals surface area contributed by atoms with Crippen LogP contribution in [-0.4, -0.2) is 12.8 Å². The first-order valence-corrected chi connectivity index (χ1v) is 2.24. The Hall–Kier alpha value is -0.530. The van der Waals surface area contributed by atoms with Crippen molar-refractivity contribution in [2.75, 3.05) is 6.54 Å². The van der Waals surface area contributed by atoms with Gasteiger partial charge in [0, 0.05) is 12.8 Å². The summed E-state index contributed by atoms with van der Waals surface area (Å²) in [6.45, 7) is 1.05. The molecule has 0 saturated carbocycles. The molecule has 0 aromatic rings. The normalized spacial score (nSPS) is 20.0. The van der Waals surface area contributed by atoms with Crippen molar-refractivity contribution in [3.8, 4) is 0 Å². The summed E-state index contributed by atoms with van der Waals surface area (Å²) in [6, 6.07) is 0. The van der Waals surface area contributed by atoms with Crippen molar-refractivity contribution in [1.82, 2.24) is 5.43 Å². The van der Waals surface area contributed by atoms with Gasteiger partial charge < -0.3 is 5.43 Å². The van der Waals surface area contributed by atoms with E-state index in [2.05, 4.69) is 10.5 Å². The minimum Gasteiger partial charge on any atom is -0.310 e. The molecule has 1 rings (SSSR count). The van der Waals surface area contributed by atoms with E-state index in [-0.39, 0.29) is 0 Å². The van der Waals surface area contributed by atoms with Crippen molar-refractivity contribution in [2.24, 2.45) is 5.10 Å². The van der Waals surface area contributed by atoms with Gasteiger partial charge in [0.05, 0.1) is 0 Å². The number of nitrogens with one attached hydrogen (secondary N) is 1. The molecule has 0 atom stereocenters. The fourth-order valence-corrected chi connectivity index (χ4v) is 0.466. The first-order chi connectivity index (χ1) is 3.00. The van der Waals surface area contributed by atoms with Gasteiger partial charge in [-0.2, -0.15) is 5.10 Å². The minimum absolute atomic E-state index is 1.05. The van der Waals surface area contributed by atoms with Crippen LogP contribution in [0.2, 0.25) is 0 Å². The van der Waals surface area contributed by atoms with E-state index in [1.54, 1.807) is 0 Å². The van der Waals surface area contributed by atoms with Gasteiger partial charge in [-0.3, -0.25) is 0 Å². The van der Waals surface area contributed by atoms with Gasteiger partial charge in [0.25, 0.3) is 0 Å². The quantitative estimate of drug-likeness (QED) is 0.450. The Morgan fingerprint density at radius 2 is 2.67 bits per heavy atom. The molecule has 0 fully saturated rings. The molecule has 1 aliphatic heterocycles. The largest absolute Gasteiger partial charge is 0.310 e. The molecule has 6 heavy (non-hydrogen) atoms. The lowest BCUT2D eigenvalue weighted by Crippen LogP contribution is -2.11. The number of hydrogen-bond acceptors (Lipinski definition) is 2. The van der Waals surface area contributed by atoms with Crippen molar-refractivity contribution in [3.63, 3.8) is 0 Å². The fraction of sp³-hybridized carbons (Fsp3) is 0.750. The topological polar surface area (TPSA) is 24.4 Å². The van der Waals surface area contributed by atoms with Crippen molar-refractivity contribution in [1.29, 1.82) is 0 Å². The maximum Gasteiger partial charge on any atom is 0.0333 e. The van der Waals surface area contributed by atoms with E-state index in [0.29, 0.717) is 0 Å². The second-order valence-corrected chi connectivity index (χ2v) is 1.36. The molecule has 1 heterocycles. The van der Waals surface area contributed by atoms with E-state index in [4.69, 9.17) is 0 Å². The monoisotopic (exact) mass is 84.1 g/mol. The maximum absolute atomic E-state index is 3.80. The Bertz CT molecular complexity index is 50.6. The highest BCUT2D eigenvalue weighted by atomic mass is 15.3. The lowest BCUT2D eigenvalue weighted by Gasteiger charge is -2.01. The minimum atomic E-state index is 1.05. The van der Waals surface area contributed by atoms with Crippen LogP contribution in [0.25, 0.3) is 0 Å². The smallest absolute Gasteiger partial charge is 0.0333 e. The van der Waals surface area contributed by atoms with Crippen LogP contribution in [0.1, 0.15) is 12.8 Å². The molecule has 0 radical (unpaired) electrons. The zero-order chi connectivity index (χ0) is 4.24. The fourth-order valence-electron chi connectivity index (χ4n) is 0.466. The molecule has 34 valence electrons. The first kappa shape index (κ1) is 3.65. The molecule has 1 aliphatic rings. The highest BCUT2D eigenvalue weighted by Crippen LogP contribution is 1.85. The zero-order valence-electron chi connectivity index (χ0n) is 3.65. The highest BCUT2D eigenvalue weighted by molar-refractivity contribution is 5.57. The van der Waals surface area contributed by atoms with E-state index in [1.807, 2.05) is 6.21 Å².